The van der Waals surface area contributed by atoms with Crippen molar-refractivity contribution in [1.82, 2.24) is 0 Å². The van der Waals surface area contributed by atoms with E-state index in [-0.39, 0.29) is 16.2 Å². The fourth-order valence-electron chi connectivity index (χ4n) is 2.00. The number of carbonyl (C=O) groups excluding carboxylic acids is 1. The molecule has 0 N–H and O–H groups in total. The van der Waals surface area contributed by atoms with Crippen LogP contribution in [-0.2, 0) is 10.0 Å². The average Bonchev–Trinajstić information content (AvgIpc) is 2.83. The molecule has 4 nitrogen and oxygen atoms in total. The summed E-state index contributed by atoms with van der Waals surface area (Å²) in [6, 6.07) is 7.97. The monoisotopic (exact) mass is 279 g/mol. The summed E-state index contributed by atoms with van der Waals surface area (Å²) in [6.45, 7) is 0. The first-order chi connectivity index (χ1) is 8.53. The van der Waals surface area contributed by atoms with Gasteiger partial charge in [-0.05, 0) is 23.6 Å². The molecular weight excluding hydrogens is 270 g/mol. The molecule has 0 aliphatic carbocycles. The van der Waals surface area contributed by atoms with Gasteiger partial charge in [-0.2, -0.15) is 0 Å². The Morgan fingerprint density at radius 1 is 1.17 bits per heavy atom. The number of carbonyl (C=O) groups is 1. The summed E-state index contributed by atoms with van der Waals surface area (Å²) in [4.78, 5) is 12.9. The van der Waals surface area contributed by atoms with Crippen molar-refractivity contribution >= 4 is 32.8 Å². The standard InChI is InChI=1S/C12H9NO3S2/c1-13-9-6-7-17-12(9)11(14)8-4-2-3-5-10(8)18(13,15)16/h2-7H,1H3. The number of thiophene rings is 1. The maximum Gasteiger partial charge on any atom is 0.264 e. The Balaban J connectivity index is 2.44. The Hall–Kier alpha value is -1.66. The third kappa shape index (κ3) is 1.36. The van der Waals surface area contributed by atoms with Crippen molar-refractivity contribution in [2.24, 2.45) is 0 Å². The van der Waals surface area contributed by atoms with E-state index >= 15 is 0 Å². The van der Waals surface area contributed by atoms with E-state index in [1.807, 2.05) is 0 Å². The molecule has 0 spiro atoms. The summed E-state index contributed by atoms with van der Waals surface area (Å²) in [6.07, 6.45) is 0. The molecule has 1 aliphatic rings. The van der Waals surface area contributed by atoms with Crippen molar-refractivity contribution in [2.45, 2.75) is 4.90 Å². The minimum atomic E-state index is -3.65. The highest BCUT2D eigenvalue weighted by Gasteiger charge is 2.34. The van der Waals surface area contributed by atoms with Crippen LogP contribution in [0.1, 0.15) is 15.2 Å². The molecule has 1 aliphatic heterocycles. The highest BCUT2D eigenvalue weighted by molar-refractivity contribution is 7.93. The molecule has 0 unspecified atom stereocenters. The van der Waals surface area contributed by atoms with Crippen LogP contribution in [0, 0.1) is 0 Å². The zero-order chi connectivity index (χ0) is 12.9. The second kappa shape index (κ2) is 3.66. The maximum absolute atomic E-state index is 12.4. The van der Waals surface area contributed by atoms with E-state index in [0.717, 1.165) is 0 Å². The Morgan fingerprint density at radius 3 is 2.67 bits per heavy atom. The largest absolute Gasteiger partial charge is 0.288 e. The van der Waals surface area contributed by atoms with Gasteiger partial charge in [-0.25, -0.2) is 8.42 Å². The molecule has 0 bridgehead atoms. The average molecular weight is 279 g/mol. The van der Waals surface area contributed by atoms with Crippen molar-refractivity contribution in [3.63, 3.8) is 0 Å². The first-order valence-corrected chi connectivity index (χ1v) is 7.55. The van der Waals surface area contributed by atoms with Gasteiger partial charge >= 0.3 is 0 Å². The summed E-state index contributed by atoms with van der Waals surface area (Å²) < 4.78 is 26.0. The second-order valence-electron chi connectivity index (χ2n) is 3.93. The van der Waals surface area contributed by atoms with E-state index in [4.69, 9.17) is 0 Å². The highest BCUT2D eigenvalue weighted by Crippen LogP contribution is 2.36. The van der Waals surface area contributed by atoms with E-state index in [0.29, 0.717) is 10.6 Å². The summed E-state index contributed by atoms with van der Waals surface area (Å²) in [5, 5.41) is 1.72. The number of anilines is 1. The molecule has 2 heterocycles. The van der Waals surface area contributed by atoms with Crippen LogP contribution in [0.15, 0.2) is 40.6 Å². The third-order valence-electron chi connectivity index (χ3n) is 2.96. The van der Waals surface area contributed by atoms with Crippen LogP contribution in [0.4, 0.5) is 5.69 Å². The number of hydrogen-bond acceptors (Lipinski definition) is 4. The van der Waals surface area contributed by atoms with E-state index in [2.05, 4.69) is 0 Å². The summed E-state index contributed by atoms with van der Waals surface area (Å²) in [5.41, 5.74) is 0.687. The molecule has 0 saturated heterocycles. The van der Waals surface area contributed by atoms with Crippen molar-refractivity contribution in [1.29, 1.82) is 0 Å². The molecule has 3 rings (SSSR count). The van der Waals surface area contributed by atoms with Crippen LogP contribution < -0.4 is 4.31 Å². The molecule has 1 aromatic heterocycles. The smallest absolute Gasteiger partial charge is 0.264 e. The molecular formula is C12H9NO3S2. The van der Waals surface area contributed by atoms with Gasteiger partial charge in [0.05, 0.1) is 15.5 Å². The molecule has 0 amide bonds. The lowest BCUT2D eigenvalue weighted by Crippen LogP contribution is -2.26. The molecule has 0 saturated carbocycles. The molecule has 0 radical (unpaired) electrons. The molecule has 6 heteroatoms. The maximum atomic E-state index is 12.4. The predicted octanol–water partition coefficient (Wildman–Crippen LogP) is 2.12. The number of hydrogen-bond donors (Lipinski definition) is 0. The molecule has 0 atom stereocenters. The van der Waals surface area contributed by atoms with E-state index in [1.54, 1.807) is 29.6 Å². The molecule has 0 fully saturated rings. The minimum Gasteiger partial charge on any atom is -0.288 e. The second-order valence-corrected chi connectivity index (χ2v) is 6.79. The van der Waals surface area contributed by atoms with E-state index in [9.17, 15) is 13.2 Å². The van der Waals surface area contributed by atoms with Crippen LogP contribution in [0.3, 0.4) is 0 Å². The number of fused-ring (bicyclic) bond motifs is 2. The summed E-state index contributed by atoms with van der Waals surface area (Å²) in [7, 11) is -2.19. The lowest BCUT2D eigenvalue weighted by molar-refractivity contribution is 0.104. The van der Waals surface area contributed by atoms with Crippen LogP contribution >= 0.6 is 11.3 Å². The summed E-state index contributed by atoms with van der Waals surface area (Å²) >= 11 is 1.26. The topological polar surface area (TPSA) is 54.5 Å². The Labute approximate surface area is 109 Å². The van der Waals surface area contributed by atoms with Crippen molar-refractivity contribution < 1.29 is 13.2 Å². The van der Waals surface area contributed by atoms with Crippen LogP contribution in [0.5, 0.6) is 0 Å². The number of benzene rings is 1. The lowest BCUT2D eigenvalue weighted by Gasteiger charge is -2.16. The number of rotatable bonds is 0. The SMILES string of the molecule is CN1c2ccsc2C(=O)c2ccccc2S1(=O)=O. The fourth-order valence-corrected chi connectivity index (χ4v) is 4.33. The Morgan fingerprint density at radius 2 is 1.89 bits per heavy atom. The minimum absolute atomic E-state index is 0.0703. The first kappa shape index (κ1) is 11.4. The Bertz CT molecular complexity index is 746. The van der Waals surface area contributed by atoms with Crippen LogP contribution in [-0.4, -0.2) is 21.2 Å². The highest BCUT2D eigenvalue weighted by atomic mass is 32.2. The van der Waals surface area contributed by atoms with Gasteiger partial charge in [0.15, 0.2) is 0 Å². The number of sulfonamides is 1. The van der Waals surface area contributed by atoms with Crippen molar-refractivity contribution in [2.75, 3.05) is 11.4 Å². The van der Waals surface area contributed by atoms with Gasteiger partial charge in [0.25, 0.3) is 10.0 Å². The molecule has 2 aromatic rings. The lowest BCUT2D eigenvalue weighted by atomic mass is 10.1. The van der Waals surface area contributed by atoms with Gasteiger partial charge in [-0.1, -0.05) is 12.1 Å². The van der Waals surface area contributed by atoms with Gasteiger partial charge < -0.3 is 0 Å². The van der Waals surface area contributed by atoms with Gasteiger partial charge in [0.1, 0.15) is 0 Å². The molecule has 18 heavy (non-hydrogen) atoms. The van der Waals surface area contributed by atoms with Gasteiger partial charge in [0.2, 0.25) is 5.78 Å². The number of nitrogens with zero attached hydrogens (tertiary/aromatic N) is 1. The van der Waals surface area contributed by atoms with Crippen molar-refractivity contribution in [3.8, 4) is 0 Å². The first-order valence-electron chi connectivity index (χ1n) is 5.23. The normalized spacial score (nSPS) is 16.9. The quantitative estimate of drug-likeness (QED) is 0.742. The van der Waals surface area contributed by atoms with E-state index in [1.165, 1.54) is 28.8 Å². The zero-order valence-corrected chi connectivity index (χ0v) is 11.1. The van der Waals surface area contributed by atoms with Gasteiger partial charge in [-0.15, -0.1) is 11.3 Å². The van der Waals surface area contributed by atoms with Gasteiger partial charge in [-0.3, -0.25) is 9.10 Å². The summed E-state index contributed by atoms with van der Waals surface area (Å²) in [5.74, 6) is -0.233. The van der Waals surface area contributed by atoms with E-state index < -0.39 is 10.0 Å². The van der Waals surface area contributed by atoms with Crippen LogP contribution in [0.2, 0.25) is 0 Å². The fraction of sp³-hybridized carbons (Fsp3) is 0.0833. The Kier molecular flexibility index (Phi) is 2.33. The zero-order valence-electron chi connectivity index (χ0n) is 9.45. The molecule has 92 valence electrons. The number of ketones is 1. The van der Waals surface area contributed by atoms with Crippen LogP contribution in [0.25, 0.3) is 0 Å². The third-order valence-corrected chi connectivity index (χ3v) is 5.69. The van der Waals surface area contributed by atoms with Crippen molar-refractivity contribution in [3.05, 3.63) is 46.2 Å². The predicted molar refractivity (Wildman–Crippen MR) is 69.8 cm³/mol. The molecule has 1 aromatic carbocycles. The van der Waals surface area contributed by atoms with Gasteiger partial charge in [0, 0.05) is 12.6 Å².